The van der Waals surface area contributed by atoms with Crippen molar-refractivity contribution in [2.24, 2.45) is 0 Å². The van der Waals surface area contributed by atoms with Crippen LogP contribution >= 0.6 is 0 Å². The van der Waals surface area contributed by atoms with Crippen LogP contribution < -0.4 is 15.8 Å². The van der Waals surface area contributed by atoms with E-state index in [9.17, 15) is 21.6 Å². The molecule has 1 aliphatic rings. The SMILES string of the molecule is COc1cc2nc(C)nc(NC(C)c3cc(N)cc(C(F)(F)F)c3)c2cc1C1CCS(=O)(=O)CC1. The molecule has 2 heterocycles. The molecule has 0 aliphatic carbocycles. The number of hydrogen-bond acceptors (Lipinski definition) is 7. The number of fused-ring (bicyclic) bond motifs is 1. The zero-order valence-corrected chi connectivity index (χ0v) is 20.4. The van der Waals surface area contributed by atoms with Crippen molar-refractivity contribution in [3.63, 3.8) is 0 Å². The van der Waals surface area contributed by atoms with E-state index in [1.807, 2.05) is 6.07 Å². The fourth-order valence-electron chi connectivity index (χ4n) is 4.47. The third-order valence-corrected chi connectivity index (χ3v) is 8.03. The van der Waals surface area contributed by atoms with E-state index in [2.05, 4.69) is 15.3 Å². The van der Waals surface area contributed by atoms with Crippen LogP contribution in [-0.2, 0) is 16.0 Å². The number of nitrogens with one attached hydrogen (secondary N) is 1. The molecule has 0 bridgehead atoms. The van der Waals surface area contributed by atoms with Crippen molar-refractivity contribution >= 4 is 32.2 Å². The van der Waals surface area contributed by atoms with Crippen molar-refractivity contribution in [3.05, 3.63) is 52.8 Å². The van der Waals surface area contributed by atoms with Crippen molar-refractivity contribution in [1.82, 2.24) is 9.97 Å². The molecular formula is C24H27F3N4O3S. The summed E-state index contributed by atoms with van der Waals surface area (Å²) in [6, 6.07) is 6.62. The smallest absolute Gasteiger partial charge is 0.416 e. The molecule has 1 aliphatic heterocycles. The van der Waals surface area contributed by atoms with E-state index in [-0.39, 0.29) is 23.1 Å². The number of anilines is 2. The van der Waals surface area contributed by atoms with Crippen molar-refractivity contribution in [1.29, 1.82) is 0 Å². The second-order valence-electron chi connectivity index (χ2n) is 8.91. The number of ether oxygens (including phenoxy) is 1. The topological polar surface area (TPSA) is 107 Å². The van der Waals surface area contributed by atoms with Gasteiger partial charge in [0.2, 0.25) is 0 Å². The van der Waals surface area contributed by atoms with Crippen LogP contribution in [-0.4, -0.2) is 37.0 Å². The Kier molecular flexibility index (Phi) is 6.56. The molecule has 3 aromatic rings. The molecule has 4 rings (SSSR count). The minimum Gasteiger partial charge on any atom is -0.496 e. The highest BCUT2D eigenvalue weighted by molar-refractivity contribution is 7.91. The van der Waals surface area contributed by atoms with Crippen LogP contribution in [0.5, 0.6) is 5.75 Å². The Morgan fingerprint density at radius 3 is 2.43 bits per heavy atom. The first-order valence-corrected chi connectivity index (χ1v) is 13.0. The van der Waals surface area contributed by atoms with E-state index in [4.69, 9.17) is 10.5 Å². The van der Waals surface area contributed by atoms with Crippen LogP contribution in [0.3, 0.4) is 0 Å². The predicted molar refractivity (Wildman–Crippen MR) is 129 cm³/mol. The van der Waals surface area contributed by atoms with Gasteiger partial charge in [0.25, 0.3) is 0 Å². The van der Waals surface area contributed by atoms with Gasteiger partial charge in [-0.05, 0) is 68.0 Å². The first-order chi connectivity index (χ1) is 16.4. The van der Waals surface area contributed by atoms with E-state index >= 15 is 0 Å². The van der Waals surface area contributed by atoms with Crippen LogP contribution in [0.4, 0.5) is 24.7 Å². The maximum atomic E-state index is 13.3. The van der Waals surface area contributed by atoms with Gasteiger partial charge < -0.3 is 15.8 Å². The summed E-state index contributed by atoms with van der Waals surface area (Å²) < 4.78 is 69.3. The van der Waals surface area contributed by atoms with Crippen LogP contribution in [0.15, 0.2) is 30.3 Å². The number of aromatic nitrogens is 2. The molecule has 0 spiro atoms. The number of hydrogen-bond donors (Lipinski definition) is 2. The largest absolute Gasteiger partial charge is 0.496 e. The lowest BCUT2D eigenvalue weighted by atomic mass is 9.91. The molecule has 2 aromatic carbocycles. The lowest BCUT2D eigenvalue weighted by Crippen LogP contribution is -2.22. The summed E-state index contributed by atoms with van der Waals surface area (Å²) in [6.07, 6.45) is -3.54. The van der Waals surface area contributed by atoms with Crippen molar-refractivity contribution < 1.29 is 26.3 Å². The second-order valence-corrected chi connectivity index (χ2v) is 11.2. The van der Waals surface area contributed by atoms with E-state index in [0.717, 1.165) is 17.7 Å². The number of rotatable bonds is 5. The number of halogens is 3. The fraction of sp³-hybridized carbons (Fsp3) is 0.417. The lowest BCUT2D eigenvalue weighted by molar-refractivity contribution is -0.137. The van der Waals surface area contributed by atoms with Crippen LogP contribution in [0.2, 0.25) is 0 Å². The Bertz CT molecular complexity index is 1360. The summed E-state index contributed by atoms with van der Waals surface area (Å²) in [6.45, 7) is 3.46. The van der Waals surface area contributed by atoms with Gasteiger partial charge in [-0.2, -0.15) is 13.2 Å². The first-order valence-electron chi connectivity index (χ1n) is 11.2. The van der Waals surface area contributed by atoms with Crippen molar-refractivity contribution in [3.8, 4) is 5.75 Å². The van der Waals surface area contributed by atoms with Gasteiger partial charge in [0, 0.05) is 17.1 Å². The van der Waals surface area contributed by atoms with Crippen LogP contribution in [0.1, 0.15) is 54.2 Å². The quantitative estimate of drug-likeness (QED) is 0.467. The number of aryl methyl sites for hydroxylation is 1. The van der Waals surface area contributed by atoms with E-state index in [1.54, 1.807) is 27.0 Å². The van der Waals surface area contributed by atoms with Gasteiger partial charge in [0.15, 0.2) is 0 Å². The number of benzene rings is 2. The van der Waals surface area contributed by atoms with Crippen molar-refractivity contribution in [2.75, 3.05) is 29.7 Å². The highest BCUT2D eigenvalue weighted by Gasteiger charge is 2.32. The zero-order valence-electron chi connectivity index (χ0n) is 19.6. The minimum atomic E-state index is -4.51. The maximum absolute atomic E-state index is 13.3. The molecule has 0 amide bonds. The monoisotopic (exact) mass is 508 g/mol. The van der Waals surface area contributed by atoms with Gasteiger partial charge in [-0.3, -0.25) is 0 Å². The second kappa shape index (κ2) is 9.18. The summed E-state index contributed by atoms with van der Waals surface area (Å²) in [5.41, 5.74) is 6.79. The normalized spacial score (nSPS) is 17.3. The Hall–Kier alpha value is -3.08. The molecule has 35 heavy (non-hydrogen) atoms. The number of nitrogen functional groups attached to an aromatic ring is 1. The molecule has 3 N–H and O–H groups in total. The Morgan fingerprint density at radius 1 is 1.11 bits per heavy atom. The number of nitrogens with zero attached hydrogens (tertiary/aromatic N) is 2. The van der Waals surface area contributed by atoms with Gasteiger partial charge in [0.05, 0.1) is 35.7 Å². The molecule has 1 aromatic heterocycles. The predicted octanol–water partition coefficient (Wildman–Crippen LogP) is 5.01. The maximum Gasteiger partial charge on any atom is 0.416 e. The molecule has 1 saturated heterocycles. The molecule has 0 radical (unpaired) electrons. The summed E-state index contributed by atoms with van der Waals surface area (Å²) >= 11 is 0. The van der Waals surface area contributed by atoms with Gasteiger partial charge >= 0.3 is 6.18 Å². The first kappa shape index (κ1) is 25.0. The molecule has 1 unspecified atom stereocenters. The van der Waals surface area contributed by atoms with E-state index in [1.165, 1.54) is 6.07 Å². The Morgan fingerprint density at radius 2 is 1.80 bits per heavy atom. The summed E-state index contributed by atoms with van der Waals surface area (Å²) in [4.78, 5) is 9.01. The highest BCUT2D eigenvalue weighted by atomic mass is 32.2. The lowest BCUT2D eigenvalue weighted by Gasteiger charge is -2.25. The van der Waals surface area contributed by atoms with Crippen LogP contribution in [0, 0.1) is 6.92 Å². The average Bonchev–Trinajstić information content (AvgIpc) is 2.77. The minimum absolute atomic E-state index is 0.00674. The summed E-state index contributed by atoms with van der Waals surface area (Å²) in [5, 5.41) is 3.89. The molecule has 1 atom stereocenters. The molecular weight excluding hydrogens is 481 g/mol. The molecule has 1 fully saturated rings. The number of alkyl halides is 3. The average molecular weight is 509 g/mol. The van der Waals surface area contributed by atoms with Crippen LogP contribution in [0.25, 0.3) is 10.9 Å². The van der Waals surface area contributed by atoms with E-state index < -0.39 is 27.6 Å². The molecule has 0 saturated carbocycles. The van der Waals surface area contributed by atoms with E-state index in [0.29, 0.717) is 46.7 Å². The number of nitrogens with two attached hydrogens (primary N) is 1. The summed E-state index contributed by atoms with van der Waals surface area (Å²) in [5.74, 6) is 1.78. The number of methoxy groups -OCH3 is 1. The highest BCUT2D eigenvalue weighted by Crippen LogP contribution is 2.39. The van der Waals surface area contributed by atoms with Gasteiger partial charge in [0.1, 0.15) is 27.2 Å². The summed E-state index contributed by atoms with van der Waals surface area (Å²) in [7, 11) is -1.48. The standard InChI is InChI=1S/C24H27F3N4O3S/c1-13(16-8-17(24(25,26)27)10-18(28)9-16)29-23-20-11-19(15-4-6-35(32,33)7-5-15)22(34-3)12-21(20)30-14(2)31-23/h8-13,15H,4-7,28H2,1-3H3,(H,29,30,31). The number of sulfone groups is 1. The Labute approximate surface area is 201 Å². The zero-order chi connectivity index (χ0) is 25.5. The third-order valence-electron chi connectivity index (χ3n) is 6.31. The molecule has 188 valence electrons. The fourth-order valence-corrected chi connectivity index (χ4v) is 5.97. The van der Waals surface area contributed by atoms with Gasteiger partial charge in [-0.25, -0.2) is 18.4 Å². The Balaban J connectivity index is 1.74. The van der Waals surface area contributed by atoms with Gasteiger partial charge in [-0.1, -0.05) is 0 Å². The third kappa shape index (κ3) is 5.44. The van der Waals surface area contributed by atoms with Gasteiger partial charge in [-0.15, -0.1) is 0 Å². The van der Waals surface area contributed by atoms with Crippen molar-refractivity contribution in [2.45, 2.75) is 44.8 Å². The molecule has 7 nitrogen and oxygen atoms in total. The molecule has 11 heteroatoms.